The third kappa shape index (κ3) is 17.7. The summed E-state index contributed by atoms with van der Waals surface area (Å²) in [5.74, 6) is 0. The second kappa shape index (κ2) is 21.8. The molecule has 0 spiro atoms. The summed E-state index contributed by atoms with van der Waals surface area (Å²) in [6, 6.07) is 37.4. The van der Waals surface area contributed by atoms with Gasteiger partial charge in [-0.2, -0.15) is 0 Å². The minimum absolute atomic E-state index is 0. The molecule has 2 aromatic carbocycles. The van der Waals surface area contributed by atoms with Crippen LogP contribution in [0.1, 0.15) is 22.8 Å². The van der Waals surface area contributed by atoms with Crippen molar-refractivity contribution < 1.29 is 82.7 Å². The van der Waals surface area contributed by atoms with Crippen molar-refractivity contribution in [3.05, 3.63) is 144 Å². The molecule has 0 amide bonds. The van der Waals surface area contributed by atoms with Gasteiger partial charge < -0.3 is 5.48 Å². The first-order chi connectivity index (χ1) is 23.8. The molecule has 15 nitrogen and oxygen atoms in total. The maximum absolute atomic E-state index is 8.49. The van der Waals surface area contributed by atoms with E-state index in [0.717, 1.165) is 83.9 Å². The van der Waals surface area contributed by atoms with Gasteiger partial charge in [0.05, 0.1) is 33.8 Å². The van der Waals surface area contributed by atoms with Gasteiger partial charge in [0.2, 0.25) is 0 Å². The first kappa shape index (κ1) is 44.5. The summed E-state index contributed by atoms with van der Waals surface area (Å²) >= 11 is 0. The standard InChI is InChI=1S/C34H32N6.2ClHO4.H2O.Zn/c1-3-13-33-27(9-1)15-17-31(37-33)25-39(23-29-11-5-7-19-35-29)21-22-40(24-30-12-6-8-20-36-30)26-32-18-16-28-10-2-4-14-34(28)38-32;2*2-1(3,4)5;;/h1-20H,21-26H2;2*(H,2,3,4,5);1H2;/q;;;;+2/p-2. The van der Waals surface area contributed by atoms with Crippen molar-refractivity contribution in [2.24, 2.45) is 0 Å². The number of pyridine rings is 4. The Hall–Kier alpha value is -3.68. The van der Waals surface area contributed by atoms with Gasteiger partial charge in [0, 0.05) is 62.4 Å². The van der Waals surface area contributed by atoms with Gasteiger partial charge in [0.25, 0.3) is 0 Å². The number of para-hydroxylation sites is 2. The largest absolute Gasteiger partial charge is 2.00 e. The molecule has 0 fully saturated rings. The summed E-state index contributed by atoms with van der Waals surface area (Å²) in [5, 5.41) is 2.32. The van der Waals surface area contributed by atoms with E-state index in [1.165, 1.54) is 0 Å². The van der Waals surface area contributed by atoms with Crippen molar-refractivity contribution in [1.29, 1.82) is 0 Å². The van der Waals surface area contributed by atoms with E-state index >= 15 is 0 Å². The number of benzene rings is 2. The molecule has 0 atom stereocenters. The summed E-state index contributed by atoms with van der Waals surface area (Å²) in [4.78, 5) is 24.0. The smallest absolute Gasteiger partial charge is 0.412 e. The molecule has 18 heteroatoms. The number of nitrogens with zero attached hydrogens (tertiary/aromatic N) is 6. The molecule has 270 valence electrons. The number of hydrogen-bond donors (Lipinski definition) is 0. The predicted molar refractivity (Wildman–Crippen MR) is 164 cm³/mol. The second-order valence-corrected chi connectivity index (χ2v) is 12.3. The summed E-state index contributed by atoms with van der Waals surface area (Å²) in [5.41, 5.74) is 6.27. The van der Waals surface area contributed by atoms with E-state index in [1.807, 2.05) is 48.8 Å². The Bertz CT molecular complexity index is 1760. The molecular formula is C34H34Cl2N6O9Zn. The molecule has 0 aliphatic carbocycles. The van der Waals surface area contributed by atoms with Crippen LogP contribution in [0.4, 0.5) is 0 Å². The second-order valence-electron chi connectivity index (χ2n) is 10.8. The van der Waals surface area contributed by atoms with Crippen LogP contribution in [-0.4, -0.2) is 48.3 Å². The van der Waals surface area contributed by atoms with E-state index in [0.29, 0.717) is 0 Å². The molecule has 0 bridgehead atoms. The van der Waals surface area contributed by atoms with Gasteiger partial charge in [-0.1, -0.05) is 60.7 Å². The van der Waals surface area contributed by atoms with Gasteiger partial charge in [-0.05, 0) is 48.5 Å². The fourth-order valence-corrected chi connectivity index (χ4v) is 5.00. The van der Waals surface area contributed by atoms with Crippen LogP contribution in [0, 0.1) is 20.5 Å². The SMILES string of the molecule is O.[O-][Cl+3]([O-])([O-])[O-].[O-][Cl+3]([O-])([O-])[O-].[Zn+2].c1ccc(CN(CCN(Cc2ccccn2)Cc2ccc3ccccc3n2)Cc2ccc3ccccc3n2)nc1. The van der Waals surface area contributed by atoms with Crippen molar-refractivity contribution >= 4 is 21.8 Å². The van der Waals surface area contributed by atoms with Gasteiger partial charge in [0.1, 0.15) is 0 Å². The zero-order chi connectivity index (χ0) is 36.0. The molecule has 0 aliphatic rings. The van der Waals surface area contributed by atoms with Crippen LogP contribution in [0.15, 0.2) is 122 Å². The van der Waals surface area contributed by atoms with Gasteiger partial charge in [-0.15, -0.1) is 20.5 Å². The first-order valence-electron chi connectivity index (χ1n) is 15.0. The Labute approximate surface area is 316 Å². The van der Waals surface area contributed by atoms with Gasteiger partial charge >= 0.3 is 19.5 Å². The van der Waals surface area contributed by atoms with Crippen molar-refractivity contribution in [2.45, 2.75) is 26.2 Å². The number of hydrogen-bond acceptors (Lipinski definition) is 14. The molecule has 0 unspecified atom stereocenters. The normalized spacial score (nSPS) is 11.2. The molecule has 4 aromatic heterocycles. The quantitative estimate of drug-likeness (QED) is 0.113. The third-order valence-corrected chi connectivity index (χ3v) is 7.04. The van der Waals surface area contributed by atoms with Crippen LogP contribution in [-0.2, 0) is 45.7 Å². The fraction of sp³-hybridized carbons (Fsp3) is 0.176. The minimum atomic E-state index is -4.94. The average molecular weight is 807 g/mol. The molecule has 52 heavy (non-hydrogen) atoms. The molecule has 6 rings (SSSR count). The van der Waals surface area contributed by atoms with E-state index in [2.05, 4.69) is 92.6 Å². The maximum atomic E-state index is 8.49. The van der Waals surface area contributed by atoms with E-state index in [-0.39, 0.29) is 25.0 Å². The van der Waals surface area contributed by atoms with Crippen molar-refractivity contribution in [3.8, 4) is 0 Å². The Morgan fingerprint density at radius 1 is 0.423 bits per heavy atom. The Kier molecular flexibility index (Phi) is 18.6. The average Bonchev–Trinajstić information content (AvgIpc) is 3.06. The number of fused-ring (bicyclic) bond motifs is 2. The molecular weight excluding hydrogens is 773 g/mol. The number of halogens is 2. The number of aromatic nitrogens is 4. The fourth-order valence-electron chi connectivity index (χ4n) is 5.00. The summed E-state index contributed by atoms with van der Waals surface area (Å²) in [6.07, 6.45) is 3.72. The van der Waals surface area contributed by atoms with E-state index < -0.39 is 20.5 Å². The zero-order valence-corrected chi connectivity index (χ0v) is 32.2. The Morgan fingerprint density at radius 3 is 1.10 bits per heavy atom. The van der Waals surface area contributed by atoms with Gasteiger partial charge in [0.15, 0.2) is 0 Å². The van der Waals surface area contributed by atoms with Crippen molar-refractivity contribution in [3.63, 3.8) is 0 Å². The summed E-state index contributed by atoms with van der Waals surface area (Å²) in [7, 11) is -9.89. The third-order valence-electron chi connectivity index (χ3n) is 7.04. The predicted octanol–water partition coefficient (Wildman–Crippen LogP) is -4.06. The van der Waals surface area contributed by atoms with E-state index in [1.54, 1.807) is 0 Å². The molecule has 6 aromatic rings. The molecule has 2 N–H and O–H groups in total. The molecule has 4 heterocycles. The molecule has 0 saturated carbocycles. The van der Waals surface area contributed by atoms with E-state index in [4.69, 9.17) is 47.2 Å². The number of rotatable bonds is 11. The van der Waals surface area contributed by atoms with Gasteiger partial charge in [-0.3, -0.25) is 29.7 Å². The molecule has 0 saturated heterocycles. The maximum Gasteiger partial charge on any atom is 2.00 e. The van der Waals surface area contributed by atoms with Crippen LogP contribution in [0.2, 0.25) is 0 Å². The summed E-state index contributed by atoms with van der Waals surface area (Å²) in [6.45, 7) is 4.69. The van der Waals surface area contributed by atoms with Crippen LogP contribution in [0.3, 0.4) is 0 Å². The van der Waals surface area contributed by atoms with Crippen LogP contribution >= 0.6 is 0 Å². The monoisotopic (exact) mass is 804 g/mol. The molecule has 0 aliphatic heterocycles. The minimum Gasteiger partial charge on any atom is -0.412 e. The molecule has 0 radical (unpaired) electrons. The zero-order valence-electron chi connectivity index (χ0n) is 27.7. The summed E-state index contributed by atoms with van der Waals surface area (Å²) < 4.78 is 67.9. The van der Waals surface area contributed by atoms with Crippen molar-refractivity contribution in [2.75, 3.05) is 13.1 Å². The van der Waals surface area contributed by atoms with Crippen LogP contribution in [0.5, 0.6) is 0 Å². The van der Waals surface area contributed by atoms with E-state index in [9.17, 15) is 0 Å². The van der Waals surface area contributed by atoms with Crippen LogP contribution < -0.4 is 37.3 Å². The first-order valence-corrected chi connectivity index (χ1v) is 17.4. The van der Waals surface area contributed by atoms with Crippen molar-refractivity contribution in [1.82, 2.24) is 29.7 Å². The Morgan fingerprint density at radius 2 is 0.750 bits per heavy atom. The Balaban J connectivity index is 0.000000693. The topological polar surface area (TPSA) is 274 Å². The van der Waals surface area contributed by atoms with Gasteiger partial charge in [-0.25, -0.2) is 37.3 Å². The van der Waals surface area contributed by atoms with Crippen LogP contribution in [0.25, 0.3) is 21.8 Å².